The van der Waals surface area contributed by atoms with Crippen molar-refractivity contribution in [2.45, 2.75) is 24.2 Å². The molecule has 0 heterocycles. The molecule has 0 amide bonds. The number of nitriles is 1. The van der Waals surface area contributed by atoms with Gasteiger partial charge in [0, 0.05) is 16.3 Å². The average molecular weight is 260 g/mol. The second-order valence-electron chi connectivity index (χ2n) is 3.04. The maximum Gasteiger partial charge on any atom is 0.0621 e. The van der Waals surface area contributed by atoms with Crippen molar-refractivity contribution in [2.24, 2.45) is 0 Å². The van der Waals surface area contributed by atoms with Gasteiger partial charge in [0.05, 0.1) is 11.1 Å². The van der Waals surface area contributed by atoms with Crippen LogP contribution >= 0.6 is 35.0 Å². The topological polar surface area (TPSA) is 23.8 Å². The summed E-state index contributed by atoms with van der Waals surface area (Å²) < 4.78 is 0. The second-order valence-corrected chi connectivity index (χ2v) is 5.02. The normalized spacial score (nSPS) is 9.93. The van der Waals surface area contributed by atoms with E-state index in [1.54, 1.807) is 17.8 Å². The Hall–Kier alpha value is -0.360. The number of rotatable bonds is 5. The number of nitrogens with zero attached hydrogens (tertiary/aromatic N) is 1. The van der Waals surface area contributed by atoms with Crippen molar-refractivity contribution in [2.75, 3.05) is 5.75 Å². The standard InChI is InChI=1S/C11H11Cl2NS/c12-9-4-5-10(13)11(8-9)15-7-3-1-2-6-14/h4-5,8H,1-3,7H2. The van der Waals surface area contributed by atoms with Gasteiger partial charge in [0.1, 0.15) is 0 Å². The lowest BCUT2D eigenvalue weighted by Crippen LogP contribution is -1.81. The molecular weight excluding hydrogens is 249 g/mol. The van der Waals surface area contributed by atoms with Crippen molar-refractivity contribution in [3.8, 4) is 6.07 Å². The molecule has 1 aromatic carbocycles. The van der Waals surface area contributed by atoms with Crippen molar-refractivity contribution in [1.29, 1.82) is 5.26 Å². The van der Waals surface area contributed by atoms with Crippen LogP contribution in [0.1, 0.15) is 19.3 Å². The zero-order valence-electron chi connectivity index (χ0n) is 8.17. The Morgan fingerprint density at radius 2 is 2.07 bits per heavy atom. The third-order valence-electron chi connectivity index (χ3n) is 1.83. The van der Waals surface area contributed by atoms with Crippen molar-refractivity contribution >= 4 is 35.0 Å². The lowest BCUT2D eigenvalue weighted by Gasteiger charge is -2.03. The molecule has 4 heteroatoms. The number of benzene rings is 1. The zero-order chi connectivity index (χ0) is 11.1. The second kappa shape index (κ2) is 7.00. The predicted octanol–water partition coefficient (Wildman–Crippen LogP) is 4.78. The van der Waals surface area contributed by atoms with Gasteiger partial charge in [0.2, 0.25) is 0 Å². The summed E-state index contributed by atoms with van der Waals surface area (Å²) in [6, 6.07) is 7.59. The number of unbranched alkanes of at least 4 members (excludes halogenated alkanes) is 2. The van der Waals surface area contributed by atoms with Crippen LogP contribution in [0.15, 0.2) is 23.1 Å². The smallest absolute Gasteiger partial charge is 0.0621 e. The Bertz CT molecular complexity index is 360. The Balaban J connectivity index is 2.37. The summed E-state index contributed by atoms with van der Waals surface area (Å²) >= 11 is 13.6. The van der Waals surface area contributed by atoms with E-state index in [1.165, 1.54) is 0 Å². The van der Waals surface area contributed by atoms with Gasteiger partial charge < -0.3 is 0 Å². The van der Waals surface area contributed by atoms with E-state index in [4.69, 9.17) is 28.5 Å². The number of hydrogen-bond acceptors (Lipinski definition) is 2. The molecule has 0 fully saturated rings. The first-order valence-corrected chi connectivity index (χ1v) is 6.43. The highest BCUT2D eigenvalue weighted by Crippen LogP contribution is 2.30. The highest BCUT2D eigenvalue weighted by Gasteiger charge is 2.01. The lowest BCUT2D eigenvalue weighted by molar-refractivity contribution is 0.830. The number of hydrogen-bond donors (Lipinski definition) is 0. The van der Waals surface area contributed by atoms with Crippen LogP contribution in [0.3, 0.4) is 0 Å². The van der Waals surface area contributed by atoms with Gasteiger partial charge in [-0.1, -0.05) is 23.2 Å². The van der Waals surface area contributed by atoms with E-state index in [0.29, 0.717) is 11.4 Å². The molecule has 0 aliphatic carbocycles. The molecular formula is C11H11Cl2NS. The van der Waals surface area contributed by atoms with Crippen LogP contribution < -0.4 is 0 Å². The van der Waals surface area contributed by atoms with Crippen molar-refractivity contribution in [3.05, 3.63) is 28.2 Å². The maximum atomic E-state index is 8.37. The molecule has 0 unspecified atom stereocenters. The quantitative estimate of drug-likeness (QED) is 0.562. The molecule has 0 bridgehead atoms. The van der Waals surface area contributed by atoms with Crippen molar-refractivity contribution < 1.29 is 0 Å². The molecule has 0 spiro atoms. The predicted molar refractivity (Wildman–Crippen MR) is 66.7 cm³/mol. The summed E-state index contributed by atoms with van der Waals surface area (Å²) in [7, 11) is 0. The van der Waals surface area contributed by atoms with Gasteiger partial charge in [0.15, 0.2) is 0 Å². The summed E-state index contributed by atoms with van der Waals surface area (Å²) in [5.41, 5.74) is 0. The molecule has 0 saturated heterocycles. The molecule has 80 valence electrons. The Morgan fingerprint density at radius 1 is 1.27 bits per heavy atom. The van der Waals surface area contributed by atoms with Gasteiger partial charge in [0.25, 0.3) is 0 Å². The minimum atomic E-state index is 0.629. The summed E-state index contributed by atoms with van der Waals surface area (Å²) in [5, 5.41) is 9.82. The summed E-state index contributed by atoms with van der Waals surface area (Å²) in [6.45, 7) is 0. The molecule has 0 aromatic heterocycles. The molecule has 0 aliphatic rings. The Labute approximate surface area is 104 Å². The number of halogens is 2. The molecule has 0 atom stereocenters. The first-order valence-electron chi connectivity index (χ1n) is 4.69. The maximum absolute atomic E-state index is 8.37. The van der Waals surface area contributed by atoms with Crippen LogP contribution in [0.5, 0.6) is 0 Å². The van der Waals surface area contributed by atoms with Crippen LogP contribution in [0.2, 0.25) is 10.0 Å². The Kier molecular flexibility index (Phi) is 5.93. The number of thioether (sulfide) groups is 1. The minimum absolute atomic E-state index is 0.629. The van der Waals surface area contributed by atoms with Gasteiger partial charge in [-0.3, -0.25) is 0 Å². The minimum Gasteiger partial charge on any atom is -0.198 e. The molecule has 0 radical (unpaired) electrons. The summed E-state index contributed by atoms with van der Waals surface area (Å²) in [4.78, 5) is 1.01. The third kappa shape index (κ3) is 4.79. The fourth-order valence-electron chi connectivity index (χ4n) is 1.08. The lowest BCUT2D eigenvalue weighted by atomic mass is 10.3. The van der Waals surface area contributed by atoms with Crippen molar-refractivity contribution in [1.82, 2.24) is 0 Å². The van der Waals surface area contributed by atoms with Gasteiger partial charge in [-0.15, -0.1) is 11.8 Å². The van der Waals surface area contributed by atoms with E-state index in [2.05, 4.69) is 6.07 Å². The first-order chi connectivity index (χ1) is 7.24. The summed E-state index contributed by atoms with van der Waals surface area (Å²) in [6.07, 6.45) is 2.60. The molecule has 1 aromatic rings. The van der Waals surface area contributed by atoms with E-state index < -0.39 is 0 Å². The average Bonchev–Trinajstić information content (AvgIpc) is 2.23. The summed E-state index contributed by atoms with van der Waals surface area (Å²) in [5.74, 6) is 0.974. The van der Waals surface area contributed by atoms with Crippen LogP contribution in [0.4, 0.5) is 0 Å². The van der Waals surface area contributed by atoms with Crippen molar-refractivity contribution in [3.63, 3.8) is 0 Å². The Morgan fingerprint density at radius 3 is 2.80 bits per heavy atom. The molecule has 0 N–H and O–H groups in total. The largest absolute Gasteiger partial charge is 0.198 e. The molecule has 1 rings (SSSR count). The SMILES string of the molecule is N#CCCCCSc1cc(Cl)ccc1Cl. The van der Waals surface area contributed by atoms with Gasteiger partial charge >= 0.3 is 0 Å². The fraction of sp³-hybridized carbons (Fsp3) is 0.364. The van der Waals surface area contributed by atoms with Crippen LogP contribution in [0.25, 0.3) is 0 Å². The van der Waals surface area contributed by atoms with Gasteiger partial charge in [-0.2, -0.15) is 5.26 Å². The first kappa shape index (κ1) is 12.7. The third-order valence-corrected chi connectivity index (χ3v) is 3.65. The van der Waals surface area contributed by atoms with E-state index in [9.17, 15) is 0 Å². The van der Waals surface area contributed by atoms with Crippen LogP contribution in [0, 0.1) is 11.3 Å². The molecule has 1 nitrogen and oxygen atoms in total. The van der Waals surface area contributed by atoms with E-state index in [0.717, 1.165) is 28.5 Å². The van der Waals surface area contributed by atoms with Gasteiger partial charge in [-0.05, 0) is 36.8 Å². The molecule has 0 aliphatic heterocycles. The molecule has 15 heavy (non-hydrogen) atoms. The van der Waals surface area contributed by atoms with Gasteiger partial charge in [-0.25, -0.2) is 0 Å². The van der Waals surface area contributed by atoms with Crippen LogP contribution in [-0.2, 0) is 0 Å². The van der Waals surface area contributed by atoms with Crippen LogP contribution in [-0.4, -0.2) is 5.75 Å². The van der Waals surface area contributed by atoms with E-state index >= 15 is 0 Å². The highest BCUT2D eigenvalue weighted by molar-refractivity contribution is 7.99. The fourth-order valence-corrected chi connectivity index (χ4v) is 2.58. The van der Waals surface area contributed by atoms with E-state index in [-0.39, 0.29) is 0 Å². The molecule has 0 saturated carbocycles. The monoisotopic (exact) mass is 259 g/mol. The highest BCUT2D eigenvalue weighted by atomic mass is 35.5. The zero-order valence-corrected chi connectivity index (χ0v) is 10.5. The van der Waals surface area contributed by atoms with E-state index in [1.807, 2.05) is 12.1 Å².